The molecule has 1 aromatic rings. The summed E-state index contributed by atoms with van der Waals surface area (Å²) in [5.41, 5.74) is 5.14. The zero-order valence-electron chi connectivity index (χ0n) is 17.3. The molecular formula is C22H33N3O2S. The van der Waals surface area contributed by atoms with Crippen molar-refractivity contribution in [3.05, 3.63) is 29.8 Å². The Kier molecular flexibility index (Phi) is 6.40. The summed E-state index contributed by atoms with van der Waals surface area (Å²) < 4.78 is 3.24. The van der Waals surface area contributed by atoms with Gasteiger partial charge in [0, 0.05) is 10.9 Å². The number of nitrogens with one attached hydrogen (secondary N) is 2. The van der Waals surface area contributed by atoms with Crippen LogP contribution >= 0.6 is 11.9 Å². The van der Waals surface area contributed by atoms with Gasteiger partial charge >= 0.3 is 0 Å². The maximum absolute atomic E-state index is 13.1. The van der Waals surface area contributed by atoms with Gasteiger partial charge in [0.2, 0.25) is 11.8 Å². The second kappa shape index (κ2) is 8.46. The molecule has 0 spiro atoms. The van der Waals surface area contributed by atoms with E-state index in [2.05, 4.69) is 23.9 Å². The maximum atomic E-state index is 13.1. The van der Waals surface area contributed by atoms with E-state index >= 15 is 0 Å². The molecule has 2 aliphatic rings. The van der Waals surface area contributed by atoms with E-state index in [1.807, 2.05) is 26.0 Å². The molecule has 4 N–H and O–H groups in total. The van der Waals surface area contributed by atoms with Crippen LogP contribution in [0.5, 0.6) is 0 Å². The van der Waals surface area contributed by atoms with Gasteiger partial charge < -0.3 is 11.1 Å². The van der Waals surface area contributed by atoms with Crippen molar-refractivity contribution in [2.24, 2.45) is 29.4 Å². The third-order valence-electron chi connectivity index (χ3n) is 6.34. The lowest BCUT2D eigenvalue weighted by molar-refractivity contribution is -0.128. The van der Waals surface area contributed by atoms with Gasteiger partial charge in [0.25, 0.3) is 0 Å². The Morgan fingerprint density at radius 3 is 2.54 bits per heavy atom. The van der Waals surface area contributed by atoms with Gasteiger partial charge in [-0.3, -0.25) is 9.59 Å². The minimum atomic E-state index is -0.772. The second-order valence-corrected chi connectivity index (χ2v) is 10.2. The molecule has 0 aliphatic heterocycles. The first-order valence-electron chi connectivity index (χ1n) is 10.3. The quantitative estimate of drug-likeness (QED) is 0.632. The molecule has 1 aromatic carbocycles. The van der Waals surface area contributed by atoms with Crippen LogP contribution in [0.1, 0.15) is 63.7 Å². The highest BCUT2D eigenvalue weighted by molar-refractivity contribution is 7.97. The Hall–Kier alpha value is -1.53. The summed E-state index contributed by atoms with van der Waals surface area (Å²) in [6.07, 6.45) is 5.00. The van der Waals surface area contributed by atoms with Gasteiger partial charge in [0.1, 0.15) is 5.54 Å². The molecule has 2 saturated carbocycles. The van der Waals surface area contributed by atoms with E-state index in [0.29, 0.717) is 17.4 Å². The first kappa shape index (κ1) is 21.2. The zero-order chi connectivity index (χ0) is 20.5. The Labute approximate surface area is 172 Å². The van der Waals surface area contributed by atoms with Crippen molar-refractivity contribution in [1.29, 1.82) is 0 Å². The molecule has 2 fully saturated rings. The van der Waals surface area contributed by atoms with E-state index in [0.717, 1.165) is 16.7 Å². The summed E-state index contributed by atoms with van der Waals surface area (Å²) in [4.78, 5) is 25.4. The van der Waals surface area contributed by atoms with Crippen LogP contribution in [0.3, 0.4) is 0 Å². The normalized spacial score (nSPS) is 29.9. The first-order valence-corrected chi connectivity index (χ1v) is 11.1. The van der Waals surface area contributed by atoms with Crippen molar-refractivity contribution in [1.82, 2.24) is 10.0 Å². The molecule has 28 heavy (non-hydrogen) atoms. The van der Waals surface area contributed by atoms with Crippen LogP contribution in [0.15, 0.2) is 29.2 Å². The lowest BCUT2D eigenvalue weighted by Crippen LogP contribution is -2.58. The summed E-state index contributed by atoms with van der Waals surface area (Å²) in [7, 11) is 0. The van der Waals surface area contributed by atoms with E-state index in [-0.39, 0.29) is 11.9 Å². The first-order chi connectivity index (χ1) is 13.2. The number of fused-ring (bicyclic) bond motifs is 2. The maximum Gasteiger partial charge on any atom is 0.249 e. The van der Waals surface area contributed by atoms with Crippen LogP contribution in [-0.2, 0) is 4.79 Å². The Morgan fingerprint density at radius 2 is 1.82 bits per heavy atom. The monoisotopic (exact) mass is 403 g/mol. The molecule has 154 valence electrons. The minimum absolute atomic E-state index is 0.00471. The standard InChI is InChI=1S/C22H33N3O2S/c1-13-9-15-11-14(2)19(16(10-13)12-15)24-21(27)22(3,4)25-28-18-8-6-5-7-17(18)20(23)26/h5-8,13-16,19,25H,9-12H2,1-4H3,(H2,23,26)(H,24,27). The molecular weight excluding hydrogens is 370 g/mol. The predicted octanol–water partition coefficient (Wildman–Crippen LogP) is 3.74. The number of hydrogen-bond donors (Lipinski definition) is 3. The number of carbonyl (C=O) groups is 2. The van der Waals surface area contributed by atoms with Gasteiger partial charge in [0.05, 0.1) is 5.56 Å². The smallest absolute Gasteiger partial charge is 0.249 e. The van der Waals surface area contributed by atoms with Crippen molar-refractivity contribution in [3.63, 3.8) is 0 Å². The highest BCUT2D eigenvalue weighted by atomic mass is 32.2. The van der Waals surface area contributed by atoms with Gasteiger partial charge in [-0.2, -0.15) is 0 Å². The van der Waals surface area contributed by atoms with Gasteiger partial charge in [0.15, 0.2) is 0 Å². The highest BCUT2D eigenvalue weighted by Gasteiger charge is 2.42. The third kappa shape index (κ3) is 4.71. The SMILES string of the molecule is CC1CC2CC(C)C(NC(=O)C(C)(C)NSc3ccccc3C(N)=O)C(C1)C2. The van der Waals surface area contributed by atoms with Gasteiger partial charge in [-0.25, -0.2) is 4.72 Å². The van der Waals surface area contributed by atoms with Crippen molar-refractivity contribution in [2.45, 2.75) is 69.9 Å². The van der Waals surface area contributed by atoms with Crippen molar-refractivity contribution >= 4 is 23.8 Å². The van der Waals surface area contributed by atoms with Crippen molar-refractivity contribution in [2.75, 3.05) is 0 Å². The average Bonchev–Trinajstić information content (AvgIpc) is 2.62. The van der Waals surface area contributed by atoms with Gasteiger partial charge in [-0.05, 0) is 87.3 Å². The molecule has 6 heteroatoms. The fourth-order valence-corrected chi connectivity index (χ4v) is 5.89. The third-order valence-corrected chi connectivity index (χ3v) is 7.53. The number of benzene rings is 1. The van der Waals surface area contributed by atoms with E-state index in [1.54, 1.807) is 12.1 Å². The lowest BCUT2D eigenvalue weighted by Gasteiger charge is -2.47. The molecule has 3 rings (SSSR count). The number of hydrogen-bond acceptors (Lipinski definition) is 4. The van der Waals surface area contributed by atoms with Crippen LogP contribution in [-0.4, -0.2) is 23.4 Å². The Balaban J connectivity index is 1.64. The topological polar surface area (TPSA) is 84.2 Å². The average molecular weight is 404 g/mol. The molecule has 2 bridgehead atoms. The summed E-state index contributed by atoms with van der Waals surface area (Å²) in [6, 6.07) is 7.41. The number of primary amides is 1. The van der Waals surface area contributed by atoms with Crippen LogP contribution in [0.2, 0.25) is 0 Å². The number of rotatable bonds is 6. The Morgan fingerprint density at radius 1 is 1.11 bits per heavy atom. The van der Waals surface area contributed by atoms with Crippen LogP contribution in [0.25, 0.3) is 0 Å². The lowest BCUT2D eigenvalue weighted by atomic mass is 9.63. The van der Waals surface area contributed by atoms with Crippen molar-refractivity contribution < 1.29 is 9.59 Å². The zero-order valence-corrected chi connectivity index (χ0v) is 18.1. The van der Waals surface area contributed by atoms with Crippen molar-refractivity contribution in [3.8, 4) is 0 Å². The number of carbonyl (C=O) groups excluding carboxylic acids is 2. The van der Waals surface area contributed by atoms with Gasteiger partial charge in [-0.15, -0.1) is 0 Å². The molecule has 5 unspecified atom stereocenters. The molecule has 0 radical (unpaired) electrons. The van der Waals surface area contributed by atoms with Crippen LogP contribution < -0.4 is 15.8 Å². The Bertz CT molecular complexity index is 732. The molecule has 0 saturated heterocycles. The molecule has 0 heterocycles. The van der Waals surface area contributed by atoms with E-state index < -0.39 is 11.4 Å². The second-order valence-electron chi connectivity index (χ2n) is 9.34. The fraction of sp³-hybridized carbons (Fsp3) is 0.636. The van der Waals surface area contributed by atoms with Gasteiger partial charge in [-0.1, -0.05) is 26.0 Å². The molecule has 0 aromatic heterocycles. The summed E-state index contributed by atoms with van der Waals surface area (Å²) in [6.45, 7) is 8.37. The van der Waals surface area contributed by atoms with E-state index in [1.165, 1.54) is 37.6 Å². The largest absolute Gasteiger partial charge is 0.366 e. The molecule has 5 nitrogen and oxygen atoms in total. The predicted molar refractivity (Wildman–Crippen MR) is 114 cm³/mol. The number of nitrogens with two attached hydrogens (primary N) is 1. The van der Waals surface area contributed by atoms with Crippen LogP contribution in [0, 0.1) is 23.7 Å². The molecule has 2 amide bonds. The fourth-order valence-electron chi connectivity index (χ4n) is 5.01. The summed E-state index contributed by atoms with van der Waals surface area (Å²) >= 11 is 1.28. The number of amides is 2. The molecule has 5 atom stereocenters. The summed E-state index contributed by atoms with van der Waals surface area (Å²) in [5.74, 6) is 2.21. The van der Waals surface area contributed by atoms with E-state index in [9.17, 15) is 9.59 Å². The minimum Gasteiger partial charge on any atom is -0.366 e. The van der Waals surface area contributed by atoms with Crippen LogP contribution in [0.4, 0.5) is 0 Å². The molecule has 2 aliphatic carbocycles. The van der Waals surface area contributed by atoms with E-state index in [4.69, 9.17) is 5.73 Å². The summed E-state index contributed by atoms with van der Waals surface area (Å²) in [5, 5.41) is 3.35. The highest BCUT2D eigenvalue weighted by Crippen LogP contribution is 2.44.